The van der Waals surface area contributed by atoms with E-state index in [0.717, 1.165) is 0 Å². The second-order valence-corrected chi connectivity index (χ2v) is 5.45. The predicted molar refractivity (Wildman–Crippen MR) is 74.9 cm³/mol. The number of carboxylic acid groups (broad SMARTS) is 1. The number of rotatable bonds is 5. The van der Waals surface area contributed by atoms with E-state index in [1.807, 2.05) is 0 Å². The van der Waals surface area contributed by atoms with Crippen molar-refractivity contribution in [3.8, 4) is 11.7 Å². The number of aryl methyl sites for hydroxylation is 1. The second-order valence-electron chi connectivity index (χ2n) is 5.45. The van der Waals surface area contributed by atoms with Crippen LogP contribution in [0.1, 0.15) is 24.3 Å². The first kappa shape index (κ1) is 14.4. The predicted octanol–water partition coefficient (Wildman–Crippen LogP) is 1.76. The molecule has 1 aliphatic carbocycles. The number of amides is 1. The van der Waals surface area contributed by atoms with E-state index < -0.39 is 5.97 Å². The number of hydrogen-bond donors (Lipinski definition) is 2. The molecule has 2 N–H and O–H groups in total. The van der Waals surface area contributed by atoms with Crippen LogP contribution >= 0.6 is 0 Å². The largest absolute Gasteiger partial charge is 0.481 e. The van der Waals surface area contributed by atoms with E-state index in [1.54, 1.807) is 19.1 Å². The van der Waals surface area contributed by atoms with Gasteiger partial charge in [-0.3, -0.25) is 9.59 Å². The van der Waals surface area contributed by atoms with Crippen molar-refractivity contribution in [3.05, 3.63) is 29.9 Å². The van der Waals surface area contributed by atoms with E-state index in [9.17, 15) is 9.59 Å². The Morgan fingerprint density at radius 2 is 2.23 bits per heavy atom. The van der Waals surface area contributed by atoms with Gasteiger partial charge in [-0.15, -0.1) is 0 Å². The number of aliphatic carboxylic acids is 1. The Bertz CT molecular complexity index is 683. The van der Waals surface area contributed by atoms with Crippen molar-refractivity contribution in [2.24, 2.45) is 5.92 Å². The van der Waals surface area contributed by atoms with Gasteiger partial charge in [0.15, 0.2) is 5.76 Å². The van der Waals surface area contributed by atoms with Crippen LogP contribution in [0.3, 0.4) is 0 Å². The molecule has 1 fully saturated rings. The summed E-state index contributed by atoms with van der Waals surface area (Å²) < 4.78 is 10.7. The van der Waals surface area contributed by atoms with Gasteiger partial charge in [-0.25, -0.2) is 4.98 Å². The summed E-state index contributed by atoms with van der Waals surface area (Å²) >= 11 is 0. The number of aromatic nitrogens is 1. The molecule has 1 aliphatic rings. The lowest BCUT2D eigenvalue weighted by molar-refractivity contribution is -0.146. The van der Waals surface area contributed by atoms with Gasteiger partial charge in [-0.1, -0.05) is 0 Å². The molecule has 2 aromatic heterocycles. The first-order chi connectivity index (χ1) is 10.5. The number of hydrogen-bond acceptors (Lipinski definition) is 5. The Labute approximate surface area is 126 Å². The van der Waals surface area contributed by atoms with Gasteiger partial charge < -0.3 is 19.3 Å². The van der Waals surface area contributed by atoms with Crippen LogP contribution in [0.15, 0.2) is 27.2 Å². The summed E-state index contributed by atoms with van der Waals surface area (Å²) in [5.74, 6) is 0.0957. The number of carbonyl (C=O) groups is 2. The Hall–Kier alpha value is -2.57. The zero-order chi connectivity index (χ0) is 15.7. The second kappa shape index (κ2) is 5.67. The molecule has 1 saturated carbocycles. The first-order valence-electron chi connectivity index (χ1n) is 7.05. The van der Waals surface area contributed by atoms with Crippen LogP contribution in [0, 0.1) is 12.8 Å². The Morgan fingerprint density at radius 1 is 1.45 bits per heavy atom. The van der Waals surface area contributed by atoms with E-state index in [0.29, 0.717) is 35.9 Å². The maximum atomic E-state index is 12.0. The fraction of sp³-hybridized carbons (Fsp3) is 0.400. The van der Waals surface area contributed by atoms with E-state index in [1.165, 1.54) is 6.26 Å². The molecule has 2 aromatic rings. The Morgan fingerprint density at radius 3 is 2.86 bits per heavy atom. The van der Waals surface area contributed by atoms with Crippen molar-refractivity contribution >= 4 is 11.9 Å². The van der Waals surface area contributed by atoms with Gasteiger partial charge in [0.1, 0.15) is 5.76 Å². The quantitative estimate of drug-likeness (QED) is 0.872. The summed E-state index contributed by atoms with van der Waals surface area (Å²) in [6.45, 7) is 1.74. The van der Waals surface area contributed by atoms with Crippen LogP contribution in [0.2, 0.25) is 0 Å². The van der Waals surface area contributed by atoms with Gasteiger partial charge in [-0.2, -0.15) is 0 Å². The number of nitrogens with one attached hydrogen (secondary N) is 1. The molecule has 116 valence electrons. The molecule has 0 saturated heterocycles. The SMILES string of the molecule is Cc1oc(-c2ccco2)nc1CC(=O)NC1CC(C(=O)O)C1. The minimum Gasteiger partial charge on any atom is -0.481 e. The molecule has 7 heteroatoms. The number of nitrogens with zero attached hydrogens (tertiary/aromatic N) is 1. The zero-order valence-electron chi connectivity index (χ0n) is 12.0. The average Bonchev–Trinajstić information content (AvgIpc) is 3.03. The highest BCUT2D eigenvalue weighted by atomic mass is 16.4. The lowest BCUT2D eigenvalue weighted by Crippen LogP contribution is -2.47. The van der Waals surface area contributed by atoms with Gasteiger partial charge in [-0.05, 0) is 31.9 Å². The molecule has 3 rings (SSSR count). The van der Waals surface area contributed by atoms with Gasteiger partial charge in [0.05, 0.1) is 24.3 Å². The normalized spacial score (nSPS) is 20.4. The lowest BCUT2D eigenvalue weighted by Gasteiger charge is -2.32. The van der Waals surface area contributed by atoms with Crippen LogP contribution in [-0.4, -0.2) is 28.0 Å². The molecule has 0 aliphatic heterocycles. The number of furan rings is 1. The Kier molecular flexibility index (Phi) is 3.70. The average molecular weight is 304 g/mol. The molecular weight excluding hydrogens is 288 g/mol. The van der Waals surface area contributed by atoms with Crippen molar-refractivity contribution in [3.63, 3.8) is 0 Å². The molecule has 1 amide bonds. The Balaban J connectivity index is 1.57. The van der Waals surface area contributed by atoms with E-state index >= 15 is 0 Å². The summed E-state index contributed by atoms with van der Waals surface area (Å²) in [4.78, 5) is 27.0. The highest BCUT2D eigenvalue weighted by molar-refractivity contribution is 5.79. The van der Waals surface area contributed by atoms with Crippen molar-refractivity contribution in [2.45, 2.75) is 32.2 Å². The van der Waals surface area contributed by atoms with E-state index in [2.05, 4.69) is 10.3 Å². The smallest absolute Gasteiger partial charge is 0.306 e. The van der Waals surface area contributed by atoms with Crippen LogP contribution in [0.25, 0.3) is 11.7 Å². The van der Waals surface area contributed by atoms with Crippen molar-refractivity contribution in [1.29, 1.82) is 0 Å². The minimum atomic E-state index is -0.805. The lowest BCUT2D eigenvalue weighted by atomic mass is 9.80. The topological polar surface area (TPSA) is 106 Å². The van der Waals surface area contributed by atoms with Crippen LogP contribution < -0.4 is 5.32 Å². The van der Waals surface area contributed by atoms with Gasteiger partial charge >= 0.3 is 5.97 Å². The van der Waals surface area contributed by atoms with Crippen LogP contribution in [0.5, 0.6) is 0 Å². The number of carboxylic acids is 1. The fourth-order valence-corrected chi connectivity index (χ4v) is 2.47. The van der Waals surface area contributed by atoms with Crippen LogP contribution in [0.4, 0.5) is 0 Å². The monoisotopic (exact) mass is 304 g/mol. The molecule has 0 unspecified atom stereocenters. The van der Waals surface area contributed by atoms with Crippen molar-refractivity contribution in [2.75, 3.05) is 0 Å². The molecule has 22 heavy (non-hydrogen) atoms. The van der Waals surface area contributed by atoms with Crippen LogP contribution in [-0.2, 0) is 16.0 Å². The number of oxazole rings is 1. The first-order valence-corrected chi connectivity index (χ1v) is 7.05. The van der Waals surface area contributed by atoms with Gasteiger partial charge in [0.2, 0.25) is 5.91 Å². The van der Waals surface area contributed by atoms with E-state index in [-0.39, 0.29) is 24.3 Å². The summed E-state index contributed by atoms with van der Waals surface area (Å²) in [6.07, 6.45) is 2.59. The minimum absolute atomic E-state index is 0.0645. The molecule has 0 bridgehead atoms. The maximum absolute atomic E-state index is 12.0. The third-order valence-corrected chi connectivity index (χ3v) is 3.81. The fourth-order valence-electron chi connectivity index (χ4n) is 2.47. The third kappa shape index (κ3) is 2.88. The summed E-state index contributed by atoms with van der Waals surface area (Å²) in [7, 11) is 0. The molecular formula is C15H16N2O5. The van der Waals surface area contributed by atoms with E-state index in [4.69, 9.17) is 13.9 Å². The number of carbonyl (C=O) groups excluding carboxylic acids is 1. The van der Waals surface area contributed by atoms with Crippen molar-refractivity contribution < 1.29 is 23.5 Å². The maximum Gasteiger partial charge on any atom is 0.306 e. The molecule has 0 radical (unpaired) electrons. The highest BCUT2D eigenvalue weighted by Gasteiger charge is 2.35. The molecule has 2 heterocycles. The highest BCUT2D eigenvalue weighted by Crippen LogP contribution is 2.27. The summed E-state index contributed by atoms with van der Waals surface area (Å²) in [6, 6.07) is 3.40. The van der Waals surface area contributed by atoms with Gasteiger partial charge in [0, 0.05) is 6.04 Å². The standard InChI is InChI=1S/C15H16N2O5/c1-8-11(17-14(22-8)12-3-2-4-21-12)7-13(18)16-10-5-9(6-10)15(19)20/h2-4,9-10H,5-7H2,1H3,(H,16,18)(H,19,20). The molecule has 0 aromatic carbocycles. The molecule has 0 atom stereocenters. The summed E-state index contributed by atoms with van der Waals surface area (Å²) in [5, 5.41) is 11.6. The van der Waals surface area contributed by atoms with Gasteiger partial charge in [0.25, 0.3) is 5.89 Å². The zero-order valence-corrected chi connectivity index (χ0v) is 12.0. The molecule has 7 nitrogen and oxygen atoms in total. The summed E-state index contributed by atoms with van der Waals surface area (Å²) in [5.41, 5.74) is 0.554. The third-order valence-electron chi connectivity index (χ3n) is 3.81. The molecule has 0 spiro atoms. The van der Waals surface area contributed by atoms with Crippen molar-refractivity contribution in [1.82, 2.24) is 10.3 Å².